The summed E-state index contributed by atoms with van der Waals surface area (Å²) in [5, 5.41) is 2.78. The van der Waals surface area contributed by atoms with Crippen molar-refractivity contribution in [3.63, 3.8) is 0 Å². The third-order valence-electron chi connectivity index (χ3n) is 3.81. The molecule has 1 N–H and O–H groups in total. The Hall–Kier alpha value is -2.49. The Morgan fingerprint density at radius 2 is 1.83 bits per heavy atom. The molecule has 0 saturated carbocycles. The van der Waals surface area contributed by atoms with E-state index < -0.39 is 0 Å². The molecule has 0 heterocycles. The molecule has 23 heavy (non-hydrogen) atoms. The smallest absolute Gasteiger partial charge is 0.262 e. The SMILES string of the molecule is CC[C@@H](C)c1ccc(OCC(=O)Nc2ccccc2OC)cc1. The topological polar surface area (TPSA) is 47.6 Å². The lowest BCUT2D eigenvalue weighted by atomic mass is 9.99. The third kappa shape index (κ3) is 4.74. The van der Waals surface area contributed by atoms with E-state index in [9.17, 15) is 4.79 Å². The van der Waals surface area contributed by atoms with Gasteiger partial charge in [-0.2, -0.15) is 0 Å². The molecule has 0 spiro atoms. The van der Waals surface area contributed by atoms with Gasteiger partial charge in [0.15, 0.2) is 6.61 Å². The van der Waals surface area contributed by atoms with E-state index >= 15 is 0 Å². The first-order valence-electron chi connectivity index (χ1n) is 7.79. The normalized spacial score (nSPS) is 11.6. The fraction of sp³-hybridized carbons (Fsp3) is 0.316. The minimum Gasteiger partial charge on any atom is -0.495 e. The van der Waals surface area contributed by atoms with Crippen LogP contribution < -0.4 is 14.8 Å². The van der Waals surface area contributed by atoms with E-state index in [1.165, 1.54) is 5.56 Å². The van der Waals surface area contributed by atoms with Gasteiger partial charge in [-0.25, -0.2) is 0 Å². The van der Waals surface area contributed by atoms with E-state index in [1.807, 2.05) is 36.4 Å². The van der Waals surface area contributed by atoms with Gasteiger partial charge in [0.25, 0.3) is 5.91 Å². The van der Waals surface area contributed by atoms with Crippen LogP contribution in [-0.4, -0.2) is 19.6 Å². The van der Waals surface area contributed by atoms with Gasteiger partial charge in [0.1, 0.15) is 11.5 Å². The van der Waals surface area contributed by atoms with Gasteiger partial charge in [-0.3, -0.25) is 4.79 Å². The summed E-state index contributed by atoms with van der Waals surface area (Å²) in [4.78, 5) is 12.0. The van der Waals surface area contributed by atoms with Gasteiger partial charge in [0, 0.05) is 0 Å². The standard InChI is InChI=1S/C19H23NO3/c1-4-14(2)15-9-11-16(12-10-15)23-13-19(21)20-17-7-5-6-8-18(17)22-3/h5-12,14H,4,13H2,1-3H3,(H,20,21)/t14-/m1/s1. The van der Waals surface area contributed by atoms with Crippen molar-refractivity contribution in [2.75, 3.05) is 19.0 Å². The average Bonchev–Trinajstić information content (AvgIpc) is 2.60. The number of ether oxygens (including phenoxy) is 2. The molecule has 122 valence electrons. The van der Waals surface area contributed by atoms with E-state index in [0.29, 0.717) is 23.1 Å². The van der Waals surface area contributed by atoms with E-state index in [1.54, 1.807) is 19.2 Å². The summed E-state index contributed by atoms with van der Waals surface area (Å²) < 4.78 is 10.7. The van der Waals surface area contributed by atoms with Gasteiger partial charge in [-0.15, -0.1) is 0 Å². The molecule has 2 aromatic carbocycles. The van der Waals surface area contributed by atoms with Gasteiger partial charge < -0.3 is 14.8 Å². The largest absolute Gasteiger partial charge is 0.495 e. The van der Waals surface area contributed by atoms with Gasteiger partial charge in [0.05, 0.1) is 12.8 Å². The van der Waals surface area contributed by atoms with Gasteiger partial charge in [-0.1, -0.05) is 38.1 Å². The molecule has 0 radical (unpaired) electrons. The number of anilines is 1. The number of methoxy groups -OCH3 is 1. The van der Waals surface area contributed by atoms with Crippen molar-refractivity contribution in [3.05, 3.63) is 54.1 Å². The highest BCUT2D eigenvalue weighted by Crippen LogP contribution is 2.23. The molecule has 0 aromatic heterocycles. The molecule has 0 unspecified atom stereocenters. The highest BCUT2D eigenvalue weighted by molar-refractivity contribution is 5.93. The van der Waals surface area contributed by atoms with Crippen LogP contribution in [0.15, 0.2) is 48.5 Å². The summed E-state index contributed by atoms with van der Waals surface area (Å²) >= 11 is 0. The molecule has 2 aromatic rings. The number of rotatable bonds is 7. The second kappa shape index (κ2) is 8.22. The van der Waals surface area contributed by atoms with Crippen LogP contribution in [-0.2, 0) is 4.79 Å². The van der Waals surface area contributed by atoms with Crippen molar-refractivity contribution >= 4 is 11.6 Å². The first-order chi connectivity index (χ1) is 11.1. The number of hydrogen-bond acceptors (Lipinski definition) is 3. The number of para-hydroxylation sites is 2. The van der Waals surface area contributed by atoms with Crippen molar-refractivity contribution in [1.29, 1.82) is 0 Å². The molecule has 0 fully saturated rings. The highest BCUT2D eigenvalue weighted by atomic mass is 16.5. The lowest BCUT2D eigenvalue weighted by Crippen LogP contribution is -2.20. The number of carbonyl (C=O) groups is 1. The zero-order valence-electron chi connectivity index (χ0n) is 13.8. The minimum atomic E-state index is -0.222. The van der Waals surface area contributed by atoms with Crippen LogP contribution in [0.1, 0.15) is 31.7 Å². The number of carbonyl (C=O) groups excluding carboxylic acids is 1. The third-order valence-corrected chi connectivity index (χ3v) is 3.81. The molecule has 0 bridgehead atoms. The number of benzene rings is 2. The lowest BCUT2D eigenvalue weighted by molar-refractivity contribution is -0.118. The molecular formula is C19H23NO3. The maximum atomic E-state index is 12.0. The zero-order valence-corrected chi connectivity index (χ0v) is 13.8. The quantitative estimate of drug-likeness (QED) is 0.832. The van der Waals surface area contributed by atoms with Crippen LogP contribution >= 0.6 is 0 Å². The molecule has 2 rings (SSSR count). The van der Waals surface area contributed by atoms with Gasteiger partial charge in [0.2, 0.25) is 0 Å². The first kappa shape index (κ1) is 16.9. The summed E-state index contributed by atoms with van der Waals surface area (Å²) in [6.45, 7) is 4.31. The van der Waals surface area contributed by atoms with E-state index in [4.69, 9.17) is 9.47 Å². The molecule has 1 amide bonds. The maximum absolute atomic E-state index is 12.0. The molecule has 0 aliphatic heterocycles. The van der Waals surface area contributed by atoms with Crippen molar-refractivity contribution in [2.24, 2.45) is 0 Å². The van der Waals surface area contributed by atoms with Gasteiger partial charge in [-0.05, 0) is 42.2 Å². The molecule has 1 atom stereocenters. The summed E-state index contributed by atoms with van der Waals surface area (Å²) in [6.07, 6.45) is 1.10. The number of amides is 1. The average molecular weight is 313 g/mol. The Labute approximate surface area is 137 Å². The second-order valence-electron chi connectivity index (χ2n) is 5.42. The van der Waals surface area contributed by atoms with Crippen molar-refractivity contribution in [2.45, 2.75) is 26.2 Å². The van der Waals surface area contributed by atoms with Crippen LogP contribution in [0.25, 0.3) is 0 Å². The highest BCUT2D eigenvalue weighted by Gasteiger charge is 2.08. The summed E-state index contributed by atoms with van der Waals surface area (Å²) in [7, 11) is 1.57. The van der Waals surface area contributed by atoms with E-state index in [0.717, 1.165) is 6.42 Å². The fourth-order valence-corrected chi connectivity index (χ4v) is 2.21. The van der Waals surface area contributed by atoms with E-state index in [2.05, 4.69) is 19.2 Å². The van der Waals surface area contributed by atoms with Crippen LogP contribution in [0.4, 0.5) is 5.69 Å². The molecule has 0 saturated heterocycles. The zero-order chi connectivity index (χ0) is 16.7. The van der Waals surface area contributed by atoms with E-state index in [-0.39, 0.29) is 12.5 Å². The van der Waals surface area contributed by atoms with Crippen molar-refractivity contribution in [1.82, 2.24) is 0 Å². The summed E-state index contributed by atoms with van der Waals surface area (Å²) in [6, 6.07) is 15.2. The number of nitrogens with one attached hydrogen (secondary N) is 1. The monoisotopic (exact) mass is 313 g/mol. The van der Waals surface area contributed by atoms with Gasteiger partial charge >= 0.3 is 0 Å². The Kier molecular flexibility index (Phi) is 6.03. The predicted molar refractivity (Wildman–Crippen MR) is 92.3 cm³/mol. The predicted octanol–water partition coefficient (Wildman–Crippen LogP) is 4.23. The molecule has 4 heteroatoms. The van der Waals surface area contributed by atoms with Crippen LogP contribution in [0.3, 0.4) is 0 Å². The Morgan fingerprint density at radius 1 is 1.13 bits per heavy atom. The summed E-state index contributed by atoms with van der Waals surface area (Å²) in [5.74, 6) is 1.62. The molecule has 0 aliphatic carbocycles. The van der Waals surface area contributed by atoms with Crippen LogP contribution in [0, 0.1) is 0 Å². The summed E-state index contributed by atoms with van der Waals surface area (Å²) in [5.41, 5.74) is 1.91. The number of hydrogen-bond donors (Lipinski definition) is 1. The molecular weight excluding hydrogens is 290 g/mol. The Balaban J connectivity index is 1.89. The first-order valence-corrected chi connectivity index (χ1v) is 7.79. The fourth-order valence-electron chi connectivity index (χ4n) is 2.21. The Morgan fingerprint density at radius 3 is 2.48 bits per heavy atom. The minimum absolute atomic E-state index is 0.0409. The van der Waals surface area contributed by atoms with Crippen molar-refractivity contribution < 1.29 is 14.3 Å². The Bertz CT molecular complexity index is 637. The second-order valence-corrected chi connectivity index (χ2v) is 5.42. The van der Waals surface area contributed by atoms with Crippen LogP contribution in [0.5, 0.6) is 11.5 Å². The van der Waals surface area contributed by atoms with Crippen molar-refractivity contribution in [3.8, 4) is 11.5 Å². The molecule has 0 aliphatic rings. The maximum Gasteiger partial charge on any atom is 0.262 e. The molecule has 4 nitrogen and oxygen atoms in total. The lowest BCUT2D eigenvalue weighted by Gasteiger charge is -2.12. The van der Waals surface area contributed by atoms with Crippen LogP contribution in [0.2, 0.25) is 0 Å².